The highest BCUT2D eigenvalue weighted by Crippen LogP contribution is 2.14. The van der Waals surface area contributed by atoms with Gasteiger partial charge in [0.05, 0.1) is 0 Å². The van der Waals surface area contributed by atoms with Crippen LogP contribution in [0.5, 0.6) is 0 Å². The first kappa shape index (κ1) is 13.4. The van der Waals surface area contributed by atoms with Gasteiger partial charge < -0.3 is 10.0 Å². The second kappa shape index (κ2) is 6.02. The Morgan fingerprint density at radius 2 is 1.86 bits per heavy atom. The zero-order valence-electron chi connectivity index (χ0n) is 9.84. The summed E-state index contributed by atoms with van der Waals surface area (Å²) in [5.74, 6) is -0.691. The standard InChI is InChI=1S/C11H23NO2/c1-11(2,3)9-12(4)8-6-5-7-10(13)14/h5-9H2,1-4H3,(H,13,14). The molecular weight excluding hydrogens is 178 g/mol. The SMILES string of the molecule is CN(CCCCC(=O)O)CC(C)(C)C. The first-order chi connectivity index (χ1) is 6.31. The number of hydrogen-bond donors (Lipinski definition) is 1. The van der Waals surface area contributed by atoms with Crippen LogP contribution in [-0.4, -0.2) is 36.1 Å². The molecular formula is C11H23NO2. The van der Waals surface area contributed by atoms with Crippen LogP contribution in [0.25, 0.3) is 0 Å². The lowest BCUT2D eigenvalue weighted by Gasteiger charge is -2.26. The summed E-state index contributed by atoms with van der Waals surface area (Å²) in [4.78, 5) is 12.5. The number of hydrogen-bond acceptors (Lipinski definition) is 2. The van der Waals surface area contributed by atoms with Crippen molar-refractivity contribution in [1.82, 2.24) is 4.90 Å². The van der Waals surface area contributed by atoms with E-state index in [4.69, 9.17) is 5.11 Å². The molecule has 0 aromatic rings. The Kier molecular flexibility index (Phi) is 5.77. The highest BCUT2D eigenvalue weighted by Gasteiger charge is 2.12. The zero-order valence-corrected chi connectivity index (χ0v) is 9.84. The van der Waals surface area contributed by atoms with Crippen LogP contribution in [0.1, 0.15) is 40.0 Å². The Morgan fingerprint density at radius 1 is 1.29 bits per heavy atom. The molecule has 0 amide bonds. The summed E-state index contributed by atoms with van der Waals surface area (Å²) >= 11 is 0. The van der Waals surface area contributed by atoms with Gasteiger partial charge in [-0.05, 0) is 31.8 Å². The molecule has 0 aromatic carbocycles. The molecule has 84 valence electrons. The van der Waals surface area contributed by atoms with Crippen molar-refractivity contribution in [1.29, 1.82) is 0 Å². The van der Waals surface area contributed by atoms with E-state index in [0.29, 0.717) is 11.8 Å². The quantitative estimate of drug-likeness (QED) is 0.670. The monoisotopic (exact) mass is 201 g/mol. The predicted molar refractivity (Wildman–Crippen MR) is 58.4 cm³/mol. The molecule has 0 saturated carbocycles. The summed E-state index contributed by atoms with van der Waals surface area (Å²) in [7, 11) is 2.09. The molecule has 3 heteroatoms. The van der Waals surface area contributed by atoms with E-state index in [1.165, 1.54) is 0 Å². The van der Waals surface area contributed by atoms with Crippen LogP contribution >= 0.6 is 0 Å². The minimum absolute atomic E-state index is 0.295. The fourth-order valence-corrected chi connectivity index (χ4v) is 1.55. The molecule has 0 fully saturated rings. The number of carboxylic acid groups (broad SMARTS) is 1. The second-order valence-corrected chi connectivity index (χ2v) is 5.15. The van der Waals surface area contributed by atoms with E-state index in [0.717, 1.165) is 25.9 Å². The van der Waals surface area contributed by atoms with Gasteiger partial charge in [-0.15, -0.1) is 0 Å². The van der Waals surface area contributed by atoms with Gasteiger partial charge in [-0.3, -0.25) is 4.79 Å². The molecule has 0 aliphatic heterocycles. The first-order valence-electron chi connectivity index (χ1n) is 5.21. The normalized spacial score (nSPS) is 12.1. The molecule has 0 radical (unpaired) electrons. The van der Waals surface area contributed by atoms with Gasteiger partial charge in [0.2, 0.25) is 0 Å². The lowest BCUT2D eigenvalue weighted by molar-refractivity contribution is -0.137. The number of rotatable bonds is 6. The molecule has 14 heavy (non-hydrogen) atoms. The van der Waals surface area contributed by atoms with Crippen molar-refractivity contribution < 1.29 is 9.90 Å². The molecule has 0 spiro atoms. The Labute approximate surface area is 87.1 Å². The van der Waals surface area contributed by atoms with E-state index < -0.39 is 5.97 Å². The van der Waals surface area contributed by atoms with Gasteiger partial charge in [0.1, 0.15) is 0 Å². The minimum Gasteiger partial charge on any atom is -0.481 e. The molecule has 0 aromatic heterocycles. The van der Waals surface area contributed by atoms with Gasteiger partial charge in [0.15, 0.2) is 0 Å². The van der Waals surface area contributed by atoms with Crippen molar-refractivity contribution in [3.63, 3.8) is 0 Å². The Balaban J connectivity index is 3.45. The maximum Gasteiger partial charge on any atom is 0.303 e. The van der Waals surface area contributed by atoms with Crippen LogP contribution in [0.2, 0.25) is 0 Å². The summed E-state index contributed by atoms with van der Waals surface area (Å²) in [6.07, 6.45) is 2.05. The third-order valence-corrected chi connectivity index (χ3v) is 1.92. The van der Waals surface area contributed by atoms with Crippen LogP contribution < -0.4 is 0 Å². The Bertz CT molecular complexity index is 173. The molecule has 0 rings (SSSR count). The van der Waals surface area contributed by atoms with Crippen LogP contribution in [0.3, 0.4) is 0 Å². The number of aliphatic carboxylic acids is 1. The van der Waals surface area contributed by atoms with Crippen molar-refractivity contribution in [2.75, 3.05) is 20.1 Å². The minimum atomic E-state index is -0.691. The van der Waals surface area contributed by atoms with Crippen LogP contribution in [0.15, 0.2) is 0 Å². The van der Waals surface area contributed by atoms with Crippen molar-refractivity contribution in [3.8, 4) is 0 Å². The Morgan fingerprint density at radius 3 is 2.29 bits per heavy atom. The summed E-state index contributed by atoms with van der Waals surface area (Å²) < 4.78 is 0. The van der Waals surface area contributed by atoms with Gasteiger partial charge in [0, 0.05) is 13.0 Å². The van der Waals surface area contributed by atoms with Gasteiger partial charge in [-0.2, -0.15) is 0 Å². The Hall–Kier alpha value is -0.570. The van der Waals surface area contributed by atoms with Gasteiger partial charge in [0.25, 0.3) is 0 Å². The molecule has 1 N–H and O–H groups in total. The maximum absolute atomic E-state index is 10.3. The van der Waals surface area contributed by atoms with E-state index in [1.807, 2.05) is 0 Å². The highest BCUT2D eigenvalue weighted by molar-refractivity contribution is 5.66. The van der Waals surface area contributed by atoms with E-state index >= 15 is 0 Å². The van der Waals surface area contributed by atoms with Crippen LogP contribution in [-0.2, 0) is 4.79 Å². The highest BCUT2D eigenvalue weighted by atomic mass is 16.4. The van der Waals surface area contributed by atoms with E-state index in [2.05, 4.69) is 32.7 Å². The smallest absolute Gasteiger partial charge is 0.303 e. The molecule has 0 saturated heterocycles. The number of nitrogens with zero attached hydrogens (tertiary/aromatic N) is 1. The van der Waals surface area contributed by atoms with E-state index in [-0.39, 0.29) is 0 Å². The molecule has 0 atom stereocenters. The summed E-state index contributed by atoms with van der Waals surface area (Å²) in [5.41, 5.74) is 0.321. The molecule has 0 unspecified atom stereocenters. The lowest BCUT2D eigenvalue weighted by atomic mass is 9.96. The van der Waals surface area contributed by atoms with E-state index in [1.54, 1.807) is 0 Å². The number of carbonyl (C=O) groups is 1. The van der Waals surface area contributed by atoms with Crippen molar-refractivity contribution >= 4 is 5.97 Å². The fourth-order valence-electron chi connectivity index (χ4n) is 1.55. The van der Waals surface area contributed by atoms with Crippen LogP contribution in [0, 0.1) is 5.41 Å². The number of carboxylic acids is 1. The zero-order chi connectivity index (χ0) is 11.2. The van der Waals surface area contributed by atoms with Crippen molar-refractivity contribution in [2.24, 2.45) is 5.41 Å². The lowest BCUT2D eigenvalue weighted by Crippen LogP contribution is -2.30. The van der Waals surface area contributed by atoms with Gasteiger partial charge in [-0.1, -0.05) is 20.8 Å². The van der Waals surface area contributed by atoms with Gasteiger partial charge >= 0.3 is 5.97 Å². The first-order valence-corrected chi connectivity index (χ1v) is 5.21. The summed E-state index contributed by atoms with van der Waals surface area (Å²) in [6.45, 7) is 8.67. The third-order valence-electron chi connectivity index (χ3n) is 1.92. The average molecular weight is 201 g/mol. The second-order valence-electron chi connectivity index (χ2n) is 5.15. The van der Waals surface area contributed by atoms with E-state index in [9.17, 15) is 4.79 Å². The molecule has 0 aliphatic carbocycles. The number of unbranched alkanes of at least 4 members (excludes halogenated alkanes) is 1. The summed E-state index contributed by atoms with van der Waals surface area (Å²) in [5, 5.41) is 8.45. The van der Waals surface area contributed by atoms with Crippen molar-refractivity contribution in [3.05, 3.63) is 0 Å². The molecule has 0 heterocycles. The molecule has 3 nitrogen and oxygen atoms in total. The summed E-state index contributed by atoms with van der Waals surface area (Å²) in [6, 6.07) is 0. The topological polar surface area (TPSA) is 40.5 Å². The van der Waals surface area contributed by atoms with Crippen molar-refractivity contribution in [2.45, 2.75) is 40.0 Å². The third kappa shape index (κ3) is 9.52. The largest absolute Gasteiger partial charge is 0.481 e. The molecule has 0 aliphatic rings. The van der Waals surface area contributed by atoms with Crippen LogP contribution in [0.4, 0.5) is 0 Å². The maximum atomic E-state index is 10.3. The predicted octanol–water partition coefficient (Wildman–Crippen LogP) is 2.22. The molecule has 0 bridgehead atoms. The average Bonchev–Trinajstić information content (AvgIpc) is 1.94. The van der Waals surface area contributed by atoms with Gasteiger partial charge in [-0.25, -0.2) is 0 Å². The fraction of sp³-hybridized carbons (Fsp3) is 0.909.